The van der Waals surface area contributed by atoms with Gasteiger partial charge in [0.05, 0.1) is 17.1 Å². The van der Waals surface area contributed by atoms with Gasteiger partial charge in [-0.15, -0.1) is 0 Å². The highest BCUT2D eigenvalue weighted by Crippen LogP contribution is 2.29. The van der Waals surface area contributed by atoms with Gasteiger partial charge in [-0.1, -0.05) is 11.6 Å². The van der Waals surface area contributed by atoms with E-state index >= 15 is 0 Å². The van der Waals surface area contributed by atoms with Gasteiger partial charge >= 0.3 is 5.97 Å². The van der Waals surface area contributed by atoms with Crippen LogP contribution >= 0.6 is 11.6 Å². The predicted molar refractivity (Wildman–Crippen MR) is 159 cm³/mol. The molecule has 1 heterocycles. The number of rotatable bonds is 7. The van der Waals surface area contributed by atoms with Gasteiger partial charge in [-0.3, -0.25) is 14.5 Å². The van der Waals surface area contributed by atoms with Crippen molar-refractivity contribution >= 4 is 34.9 Å². The molecular formula is C31H40ClN5O3. The number of carbonyl (C=O) groups excluding carboxylic acids is 2. The standard InChI is InChI=1S/C31H40ClN5O3/c1-31(2,3)40-29(38)21-36-15-17-37(18-16-36)26-10-5-22(6-11-26)30(39)34-24-8-13-25(14-9-24)35(4)27-12-7-23(20-33)28(32)19-27/h5-7,10-12,19,24-25H,8-9,13-18,21H2,1-4H3,(H,34,39). The summed E-state index contributed by atoms with van der Waals surface area (Å²) >= 11 is 6.23. The lowest BCUT2D eigenvalue weighted by Crippen LogP contribution is -2.48. The van der Waals surface area contributed by atoms with Gasteiger partial charge in [0.25, 0.3) is 5.91 Å². The van der Waals surface area contributed by atoms with E-state index in [2.05, 4.69) is 33.1 Å². The van der Waals surface area contributed by atoms with Crippen molar-refractivity contribution in [2.45, 2.75) is 64.1 Å². The number of benzene rings is 2. The molecule has 8 nitrogen and oxygen atoms in total. The average Bonchev–Trinajstić information content (AvgIpc) is 2.92. The lowest BCUT2D eigenvalue weighted by Gasteiger charge is -2.36. The van der Waals surface area contributed by atoms with E-state index in [0.29, 0.717) is 28.7 Å². The molecule has 0 bridgehead atoms. The van der Waals surface area contributed by atoms with Crippen molar-refractivity contribution in [2.24, 2.45) is 0 Å². The number of amides is 1. The minimum atomic E-state index is -0.467. The number of hydrogen-bond donors (Lipinski definition) is 1. The van der Waals surface area contributed by atoms with E-state index in [1.54, 1.807) is 6.07 Å². The topological polar surface area (TPSA) is 88.9 Å². The van der Waals surface area contributed by atoms with Crippen molar-refractivity contribution in [3.8, 4) is 6.07 Å². The van der Waals surface area contributed by atoms with Crippen molar-refractivity contribution < 1.29 is 14.3 Å². The Bertz CT molecular complexity index is 1220. The van der Waals surface area contributed by atoms with Crippen LogP contribution in [0, 0.1) is 11.3 Å². The third-order valence-electron chi connectivity index (χ3n) is 7.70. The second-order valence-electron chi connectivity index (χ2n) is 11.8. The molecule has 2 aliphatic rings. The number of ether oxygens (including phenoxy) is 1. The van der Waals surface area contributed by atoms with Gasteiger partial charge in [0, 0.05) is 62.2 Å². The Labute approximate surface area is 242 Å². The lowest BCUT2D eigenvalue weighted by atomic mass is 9.90. The Morgan fingerprint density at radius 3 is 2.27 bits per heavy atom. The molecular weight excluding hydrogens is 526 g/mol. The Hall–Kier alpha value is -3.28. The highest BCUT2D eigenvalue weighted by Gasteiger charge is 2.26. The fourth-order valence-corrected chi connectivity index (χ4v) is 5.66. The first-order valence-electron chi connectivity index (χ1n) is 14.0. The number of nitriles is 1. The number of carbonyl (C=O) groups is 2. The largest absolute Gasteiger partial charge is 0.459 e. The van der Waals surface area contributed by atoms with Crippen LogP contribution in [0.1, 0.15) is 62.4 Å². The highest BCUT2D eigenvalue weighted by atomic mass is 35.5. The smallest absolute Gasteiger partial charge is 0.320 e. The minimum Gasteiger partial charge on any atom is -0.459 e. The fraction of sp³-hybridized carbons (Fsp3) is 0.516. The molecule has 0 atom stereocenters. The van der Waals surface area contributed by atoms with Gasteiger partial charge in [0.1, 0.15) is 11.7 Å². The van der Waals surface area contributed by atoms with Crippen molar-refractivity contribution in [2.75, 3.05) is 49.6 Å². The van der Waals surface area contributed by atoms with Crippen LogP contribution in [0.2, 0.25) is 5.02 Å². The summed E-state index contributed by atoms with van der Waals surface area (Å²) in [6, 6.07) is 16.0. The maximum absolute atomic E-state index is 13.0. The zero-order valence-electron chi connectivity index (χ0n) is 24.0. The summed E-state index contributed by atoms with van der Waals surface area (Å²) in [5, 5.41) is 12.8. The molecule has 0 radical (unpaired) electrons. The third-order valence-corrected chi connectivity index (χ3v) is 8.01. The zero-order chi connectivity index (χ0) is 28.9. The Balaban J connectivity index is 1.21. The number of nitrogens with zero attached hydrogens (tertiary/aromatic N) is 4. The van der Waals surface area contributed by atoms with E-state index in [-0.39, 0.29) is 17.9 Å². The number of anilines is 2. The van der Waals surface area contributed by atoms with Gasteiger partial charge in [-0.25, -0.2) is 0 Å². The van der Waals surface area contributed by atoms with Crippen LogP contribution in [0.5, 0.6) is 0 Å². The van der Waals surface area contributed by atoms with Crippen LogP contribution in [0.3, 0.4) is 0 Å². The molecule has 4 rings (SSSR count). The van der Waals surface area contributed by atoms with Gasteiger partial charge in [0.15, 0.2) is 0 Å². The van der Waals surface area contributed by atoms with Gasteiger partial charge in [-0.2, -0.15) is 5.26 Å². The normalized spacial score (nSPS) is 19.9. The molecule has 9 heteroatoms. The van der Waals surface area contributed by atoms with Crippen molar-refractivity contribution in [1.82, 2.24) is 10.2 Å². The average molecular weight is 566 g/mol. The molecule has 1 saturated carbocycles. The quantitative estimate of drug-likeness (QED) is 0.480. The van der Waals surface area contributed by atoms with Crippen LogP contribution < -0.4 is 15.1 Å². The number of piperazine rings is 1. The molecule has 0 unspecified atom stereocenters. The van der Waals surface area contributed by atoms with Crippen molar-refractivity contribution in [3.05, 3.63) is 58.6 Å². The number of halogens is 1. The maximum atomic E-state index is 13.0. The number of nitrogens with one attached hydrogen (secondary N) is 1. The van der Waals surface area contributed by atoms with Crippen LogP contribution in [0.25, 0.3) is 0 Å². The predicted octanol–water partition coefficient (Wildman–Crippen LogP) is 4.85. The van der Waals surface area contributed by atoms with Crippen LogP contribution in [0.4, 0.5) is 11.4 Å². The number of hydrogen-bond acceptors (Lipinski definition) is 7. The SMILES string of the molecule is CN(c1ccc(C#N)c(Cl)c1)C1CCC(NC(=O)c2ccc(N3CCN(CC(=O)OC(C)(C)C)CC3)cc2)CC1. The van der Waals surface area contributed by atoms with E-state index in [1.807, 2.05) is 57.2 Å². The molecule has 1 saturated heterocycles. The summed E-state index contributed by atoms with van der Waals surface area (Å²) in [5.41, 5.74) is 2.77. The van der Waals surface area contributed by atoms with Crippen molar-refractivity contribution in [3.63, 3.8) is 0 Å². The monoisotopic (exact) mass is 565 g/mol. The lowest BCUT2D eigenvalue weighted by molar-refractivity contribution is -0.156. The van der Waals surface area contributed by atoms with Gasteiger partial charge < -0.3 is 19.9 Å². The van der Waals surface area contributed by atoms with Crippen LogP contribution in [-0.2, 0) is 9.53 Å². The molecule has 40 heavy (non-hydrogen) atoms. The van der Waals surface area contributed by atoms with Gasteiger partial charge in [-0.05, 0) is 88.9 Å². The summed E-state index contributed by atoms with van der Waals surface area (Å²) in [5.74, 6) is -0.225. The summed E-state index contributed by atoms with van der Waals surface area (Å²) in [7, 11) is 2.06. The van der Waals surface area contributed by atoms with E-state index in [9.17, 15) is 9.59 Å². The van der Waals surface area contributed by atoms with E-state index < -0.39 is 5.60 Å². The van der Waals surface area contributed by atoms with E-state index in [1.165, 1.54) is 0 Å². The summed E-state index contributed by atoms with van der Waals surface area (Å²) in [6.07, 6.45) is 3.77. The Morgan fingerprint density at radius 1 is 1.05 bits per heavy atom. The minimum absolute atomic E-state index is 0.0376. The fourth-order valence-electron chi connectivity index (χ4n) is 5.45. The molecule has 0 aromatic heterocycles. The molecule has 214 valence electrons. The second-order valence-corrected chi connectivity index (χ2v) is 12.2. The van der Waals surface area contributed by atoms with Crippen LogP contribution in [-0.4, -0.2) is 74.2 Å². The summed E-state index contributed by atoms with van der Waals surface area (Å²) < 4.78 is 5.44. The molecule has 2 aromatic carbocycles. The Kier molecular flexibility index (Phi) is 9.60. The molecule has 1 aliphatic heterocycles. The molecule has 2 aromatic rings. The number of esters is 1. The van der Waals surface area contributed by atoms with Crippen molar-refractivity contribution in [1.29, 1.82) is 5.26 Å². The van der Waals surface area contributed by atoms with E-state index in [0.717, 1.165) is 63.2 Å². The van der Waals surface area contributed by atoms with E-state index in [4.69, 9.17) is 21.6 Å². The molecule has 1 N–H and O–H groups in total. The molecule has 2 fully saturated rings. The Morgan fingerprint density at radius 2 is 1.70 bits per heavy atom. The summed E-state index contributed by atoms with van der Waals surface area (Å²) in [4.78, 5) is 31.7. The first-order chi connectivity index (χ1) is 19.0. The third kappa shape index (κ3) is 7.89. The second kappa shape index (κ2) is 12.9. The molecule has 0 spiro atoms. The highest BCUT2D eigenvalue weighted by molar-refractivity contribution is 6.32. The van der Waals surface area contributed by atoms with Gasteiger partial charge in [0.2, 0.25) is 0 Å². The molecule has 1 amide bonds. The maximum Gasteiger partial charge on any atom is 0.320 e. The zero-order valence-corrected chi connectivity index (χ0v) is 24.7. The van der Waals surface area contributed by atoms with Crippen LogP contribution in [0.15, 0.2) is 42.5 Å². The first-order valence-corrected chi connectivity index (χ1v) is 14.4. The first kappa shape index (κ1) is 29.7. The summed E-state index contributed by atoms with van der Waals surface area (Å²) in [6.45, 7) is 9.18. The molecule has 1 aliphatic carbocycles.